The van der Waals surface area contributed by atoms with Gasteiger partial charge in [0.2, 0.25) is 0 Å². The van der Waals surface area contributed by atoms with Crippen LogP contribution >= 0.6 is 15.9 Å². The molecule has 0 aliphatic heterocycles. The van der Waals surface area contributed by atoms with Gasteiger partial charge in [0.05, 0.1) is 14.2 Å². The Morgan fingerprint density at radius 2 is 1.50 bits per heavy atom. The van der Waals surface area contributed by atoms with Crippen molar-refractivity contribution >= 4 is 15.9 Å². The highest BCUT2D eigenvalue weighted by atomic mass is 79.9. The summed E-state index contributed by atoms with van der Waals surface area (Å²) in [4.78, 5) is 0. The highest BCUT2D eigenvalue weighted by Gasteiger charge is 2.11. The van der Waals surface area contributed by atoms with Crippen LogP contribution in [0.3, 0.4) is 0 Å². The molecule has 0 amide bonds. The van der Waals surface area contributed by atoms with Gasteiger partial charge in [-0.05, 0) is 60.3 Å². The summed E-state index contributed by atoms with van der Waals surface area (Å²) in [6.07, 6.45) is 0.899. The molecule has 3 rings (SSSR count). The van der Waals surface area contributed by atoms with E-state index in [2.05, 4.69) is 46.4 Å². The minimum Gasteiger partial charge on any atom is -0.496 e. The molecule has 5 heteroatoms. The lowest BCUT2D eigenvalue weighted by atomic mass is 10.1. The van der Waals surface area contributed by atoms with Gasteiger partial charge in [-0.3, -0.25) is 0 Å². The van der Waals surface area contributed by atoms with Crippen LogP contribution in [0.5, 0.6) is 17.2 Å². The Labute approximate surface area is 187 Å². The van der Waals surface area contributed by atoms with Gasteiger partial charge in [-0.2, -0.15) is 0 Å². The molecule has 0 atom stereocenters. The Kier molecular flexibility index (Phi) is 8.17. The van der Waals surface area contributed by atoms with Crippen LogP contribution in [0.4, 0.5) is 0 Å². The molecule has 0 aliphatic rings. The summed E-state index contributed by atoms with van der Waals surface area (Å²) in [5, 5.41) is 3.50. The monoisotopic (exact) mass is 469 g/mol. The van der Waals surface area contributed by atoms with Gasteiger partial charge >= 0.3 is 0 Å². The molecule has 3 aromatic carbocycles. The average molecular weight is 470 g/mol. The van der Waals surface area contributed by atoms with Crippen molar-refractivity contribution in [3.63, 3.8) is 0 Å². The van der Waals surface area contributed by atoms with Crippen molar-refractivity contribution in [2.75, 3.05) is 20.8 Å². The van der Waals surface area contributed by atoms with E-state index in [4.69, 9.17) is 14.2 Å². The molecule has 0 unspecified atom stereocenters. The Morgan fingerprint density at radius 3 is 2.23 bits per heavy atom. The molecule has 0 radical (unpaired) electrons. The van der Waals surface area contributed by atoms with E-state index in [1.165, 1.54) is 11.1 Å². The van der Waals surface area contributed by atoms with Crippen LogP contribution in [0.1, 0.15) is 22.3 Å². The summed E-state index contributed by atoms with van der Waals surface area (Å²) < 4.78 is 18.0. The fourth-order valence-electron chi connectivity index (χ4n) is 3.27. The third-order valence-electron chi connectivity index (χ3n) is 5.06. The molecule has 4 nitrogen and oxygen atoms in total. The van der Waals surface area contributed by atoms with Gasteiger partial charge in [0.25, 0.3) is 0 Å². The maximum atomic E-state index is 6.05. The number of ether oxygens (including phenoxy) is 3. The molecule has 0 saturated carbocycles. The SMILES string of the molecule is COc1ccccc1CCNCc1cc(OC)c(OCc2ccccc2C)cc1Br. The minimum atomic E-state index is 0.506. The second kappa shape index (κ2) is 11.0. The van der Waals surface area contributed by atoms with Crippen molar-refractivity contribution in [2.24, 2.45) is 0 Å². The molecule has 30 heavy (non-hydrogen) atoms. The zero-order valence-corrected chi connectivity index (χ0v) is 19.3. The van der Waals surface area contributed by atoms with Gasteiger partial charge < -0.3 is 19.5 Å². The molecule has 1 N–H and O–H groups in total. The number of para-hydroxylation sites is 1. The van der Waals surface area contributed by atoms with Crippen LogP contribution in [0.2, 0.25) is 0 Å². The first-order valence-corrected chi connectivity index (χ1v) is 10.8. The molecule has 0 saturated heterocycles. The molecule has 0 spiro atoms. The molecular formula is C25H28BrNO3. The maximum Gasteiger partial charge on any atom is 0.162 e. The van der Waals surface area contributed by atoms with Crippen LogP contribution in [0.15, 0.2) is 65.1 Å². The van der Waals surface area contributed by atoms with Gasteiger partial charge in [0.15, 0.2) is 11.5 Å². The molecule has 0 aromatic heterocycles. The summed E-state index contributed by atoms with van der Waals surface area (Å²) in [5.74, 6) is 2.39. The van der Waals surface area contributed by atoms with Crippen molar-refractivity contribution in [1.29, 1.82) is 0 Å². The fourth-order valence-corrected chi connectivity index (χ4v) is 3.73. The second-order valence-corrected chi connectivity index (χ2v) is 7.90. The summed E-state index contributed by atoms with van der Waals surface area (Å²) in [6, 6.07) is 20.3. The standard InChI is InChI=1S/C25H28BrNO3/c1-18-8-4-5-10-20(18)17-30-25-15-22(26)21(14-24(25)29-3)16-27-13-12-19-9-6-7-11-23(19)28-2/h4-11,14-15,27H,12-13,16-17H2,1-3H3. The van der Waals surface area contributed by atoms with Crippen LogP contribution < -0.4 is 19.5 Å². The molecule has 3 aromatic rings. The van der Waals surface area contributed by atoms with E-state index >= 15 is 0 Å². The Morgan fingerprint density at radius 1 is 0.800 bits per heavy atom. The number of hydrogen-bond donors (Lipinski definition) is 1. The van der Waals surface area contributed by atoms with Crippen LogP contribution in [-0.2, 0) is 19.6 Å². The van der Waals surface area contributed by atoms with E-state index < -0.39 is 0 Å². The van der Waals surface area contributed by atoms with E-state index in [0.29, 0.717) is 6.61 Å². The van der Waals surface area contributed by atoms with Gasteiger partial charge in [-0.25, -0.2) is 0 Å². The lowest BCUT2D eigenvalue weighted by molar-refractivity contribution is 0.283. The number of benzene rings is 3. The molecule has 0 bridgehead atoms. The van der Waals surface area contributed by atoms with E-state index in [-0.39, 0.29) is 0 Å². The first kappa shape index (κ1) is 22.2. The lowest BCUT2D eigenvalue weighted by Gasteiger charge is -2.15. The number of halogens is 1. The predicted molar refractivity (Wildman–Crippen MR) is 125 cm³/mol. The minimum absolute atomic E-state index is 0.506. The summed E-state index contributed by atoms with van der Waals surface area (Å²) in [7, 11) is 3.38. The van der Waals surface area contributed by atoms with Crippen molar-refractivity contribution < 1.29 is 14.2 Å². The van der Waals surface area contributed by atoms with Crippen molar-refractivity contribution in [3.05, 3.63) is 87.4 Å². The average Bonchev–Trinajstić information content (AvgIpc) is 2.77. The molecule has 0 fully saturated rings. The number of methoxy groups -OCH3 is 2. The summed E-state index contributed by atoms with van der Waals surface area (Å²) in [5.41, 5.74) is 4.70. The zero-order valence-electron chi connectivity index (χ0n) is 17.7. The van der Waals surface area contributed by atoms with E-state index in [9.17, 15) is 0 Å². The van der Waals surface area contributed by atoms with Crippen LogP contribution in [0.25, 0.3) is 0 Å². The quantitative estimate of drug-likeness (QED) is 0.387. The van der Waals surface area contributed by atoms with Gasteiger partial charge in [0, 0.05) is 11.0 Å². The van der Waals surface area contributed by atoms with Crippen molar-refractivity contribution in [2.45, 2.75) is 26.5 Å². The number of aryl methyl sites for hydroxylation is 1. The molecule has 0 heterocycles. The first-order chi connectivity index (χ1) is 14.6. The zero-order chi connectivity index (χ0) is 21.3. The first-order valence-electron chi connectivity index (χ1n) is 9.98. The normalized spacial score (nSPS) is 10.7. The van der Waals surface area contributed by atoms with E-state index in [0.717, 1.165) is 52.4 Å². The summed E-state index contributed by atoms with van der Waals surface area (Å²) >= 11 is 3.68. The van der Waals surface area contributed by atoms with E-state index in [1.54, 1.807) is 14.2 Å². The molecular weight excluding hydrogens is 442 g/mol. The third-order valence-corrected chi connectivity index (χ3v) is 5.79. The topological polar surface area (TPSA) is 39.7 Å². The molecule has 158 valence electrons. The smallest absolute Gasteiger partial charge is 0.162 e. The Hall–Kier alpha value is -2.50. The van der Waals surface area contributed by atoms with Gasteiger partial charge in [-0.1, -0.05) is 58.4 Å². The lowest BCUT2D eigenvalue weighted by Crippen LogP contribution is -2.17. The largest absolute Gasteiger partial charge is 0.496 e. The number of hydrogen-bond acceptors (Lipinski definition) is 4. The van der Waals surface area contributed by atoms with Crippen molar-refractivity contribution in [1.82, 2.24) is 5.32 Å². The maximum absolute atomic E-state index is 6.05. The second-order valence-electron chi connectivity index (χ2n) is 7.05. The predicted octanol–water partition coefficient (Wildman–Crippen LogP) is 5.69. The van der Waals surface area contributed by atoms with Crippen LogP contribution in [0, 0.1) is 6.92 Å². The fraction of sp³-hybridized carbons (Fsp3) is 0.280. The number of nitrogens with one attached hydrogen (secondary N) is 1. The summed E-state index contributed by atoms with van der Waals surface area (Å²) in [6.45, 7) is 4.17. The Bertz CT molecular complexity index is 974. The Balaban J connectivity index is 1.60. The highest BCUT2D eigenvalue weighted by molar-refractivity contribution is 9.10. The van der Waals surface area contributed by atoms with Gasteiger partial charge in [-0.15, -0.1) is 0 Å². The van der Waals surface area contributed by atoms with Crippen LogP contribution in [-0.4, -0.2) is 20.8 Å². The third kappa shape index (κ3) is 5.77. The van der Waals surface area contributed by atoms with Crippen molar-refractivity contribution in [3.8, 4) is 17.2 Å². The highest BCUT2D eigenvalue weighted by Crippen LogP contribution is 2.34. The van der Waals surface area contributed by atoms with Gasteiger partial charge in [0.1, 0.15) is 12.4 Å². The van der Waals surface area contributed by atoms with E-state index in [1.807, 2.05) is 42.5 Å². The molecule has 0 aliphatic carbocycles. The number of rotatable bonds is 10.